The van der Waals surface area contributed by atoms with Gasteiger partial charge in [-0.15, -0.1) is 0 Å². The summed E-state index contributed by atoms with van der Waals surface area (Å²) in [6.07, 6.45) is 0.390. The molecule has 0 amide bonds. The second-order valence-electron chi connectivity index (χ2n) is 3.79. The molecule has 1 unspecified atom stereocenters. The van der Waals surface area contributed by atoms with Crippen molar-refractivity contribution in [2.24, 2.45) is 0 Å². The lowest BCUT2D eigenvalue weighted by Crippen LogP contribution is -2.33. The van der Waals surface area contributed by atoms with Gasteiger partial charge in [0.25, 0.3) is 0 Å². The predicted octanol–water partition coefficient (Wildman–Crippen LogP) is 1.47. The van der Waals surface area contributed by atoms with E-state index in [1.807, 2.05) is 6.07 Å². The molecule has 0 radical (unpaired) electrons. The van der Waals surface area contributed by atoms with Crippen LogP contribution in [0.2, 0.25) is 0 Å². The van der Waals surface area contributed by atoms with Crippen LogP contribution in [0.5, 0.6) is 0 Å². The molecule has 0 saturated heterocycles. The van der Waals surface area contributed by atoms with Gasteiger partial charge in [-0.05, 0) is 25.5 Å². The third-order valence-corrected chi connectivity index (χ3v) is 3.92. The molecular formula is C12H14N2O3S. The van der Waals surface area contributed by atoms with E-state index in [4.69, 9.17) is 5.26 Å². The Balaban J connectivity index is 2.99. The van der Waals surface area contributed by atoms with Gasteiger partial charge < -0.3 is 0 Å². The number of carbonyl (C=O) groups excluding carboxylic acids is 1. The number of carbonyl (C=O) groups is 1. The Bertz CT molecular complexity index is 570. The molecule has 1 aromatic rings. The largest absolute Gasteiger partial charge is 0.295 e. The van der Waals surface area contributed by atoms with Gasteiger partial charge in [0, 0.05) is 5.56 Å². The maximum Gasteiger partial charge on any atom is 0.241 e. The van der Waals surface area contributed by atoms with Crippen molar-refractivity contribution in [3.8, 4) is 6.07 Å². The van der Waals surface area contributed by atoms with Crippen LogP contribution in [0.4, 0.5) is 0 Å². The van der Waals surface area contributed by atoms with Crippen molar-refractivity contribution in [2.75, 3.05) is 0 Å². The highest BCUT2D eigenvalue weighted by Crippen LogP contribution is 2.12. The van der Waals surface area contributed by atoms with Gasteiger partial charge in [-0.25, -0.2) is 8.42 Å². The van der Waals surface area contributed by atoms with E-state index in [-0.39, 0.29) is 10.7 Å². The van der Waals surface area contributed by atoms with Crippen molar-refractivity contribution >= 4 is 15.8 Å². The second kappa shape index (κ2) is 5.76. The minimum Gasteiger partial charge on any atom is -0.295 e. The highest BCUT2D eigenvalue weighted by atomic mass is 32.2. The Hall–Kier alpha value is -1.71. The molecule has 1 rings (SSSR count). The summed E-state index contributed by atoms with van der Waals surface area (Å²) in [5, 5.41) is 8.73. The van der Waals surface area contributed by atoms with Gasteiger partial charge in [0.05, 0.1) is 11.0 Å². The van der Waals surface area contributed by atoms with Gasteiger partial charge >= 0.3 is 0 Å². The summed E-state index contributed by atoms with van der Waals surface area (Å²) in [7, 11) is -3.71. The van der Waals surface area contributed by atoms with Crippen LogP contribution in [0.25, 0.3) is 0 Å². The molecule has 0 bridgehead atoms. The van der Waals surface area contributed by atoms with Crippen LogP contribution in [0.1, 0.15) is 30.6 Å². The fourth-order valence-electron chi connectivity index (χ4n) is 1.33. The minimum atomic E-state index is -3.71. The number of ketones is 1. The van der Waals surface area contributed by atoms with E-state index in [1.54, 1.807) is 6.92 Å². The van der Waals surface area contributed by atoms with Gasteiger partial charge in [0.1, 0.15) is 6.04 Å². The van der Waals surface area contributed by atoms with Crippen molar-refractivity contribution in [1.82, 2.24) is 4.72 Å². The molecule has 0 aromatic heterocycles. The standard InChI is InChI=1S/C12H14N2O3S/c1-3-11(8-13)14-18(16,17)12-6-4-10(5-7-12)9(2)15/h4-7,11,14H,3H2,1-2H3. The van der Waals surface area contributed by atoms with E-state index in [0.717, 1.165) is 0 Å². The molecule has 0 spiro atoms. The molecule has 0 aliphatic carbocycles. The van der Waals surface area contributed by atoms with E-state index in [9.17, 15) is 13.2 Å². The minimum absolute atomic E-state index is 0.0428. The van der Waals surface area contributed by atoms with Gasteiger partial charge in [-0.3, -0.25) is 4.79 Å². The highest BCUT2D eigenvalue weighted by Gasteiger charge is 2.18. The van der Waals surface area contributed by atoms with Crippen molar-refractivity contribution < 1.29 is 13.2 Å². The first-order valence-corrected chi connectivity index (χ1v) is 6.92. The van der Waals surface area contributed by atoms with Gasteiger partial charge in [-0.1, -0.05) is 19.1 Å². The summed E-state index contributed by atoms with van der Waals surface area (Å²) >= 11 is 0. The predicted molar refractivity (Wildman–Crippen MR) is 66.5 cm³/mol. The summed E-state index contributed by atoms with van der Waals surface area (Å²) in [6, 6.07) is 6.71. The van der Waals surface area contributed by atoms with Crippen LogP contribution in [0, 0.1) is 11.3 Å². The molecule has 0 aliphatic rings. The molecule has 0 saturated carbocycles. The summed E-state index contributed by atoms with van der Waals surface area (Å²) in [5.74, 6) is -0.129. The average Bonchev–Trinajstić information content (AvgIpc) is 2.36. The molecule has 1 atom stereocenters. The van der Waals surface area contributed by atoms with Gasteiger partial charge in [0.2, 0.25) is 10.0 Å². The lowest BCUT2D eigenvalue weighted by Gasteiger charge is -2.10. The summed E-state index contributed by atoms with van der Waals surface area (Å²) in [6.45, 7) is 3.12. The summed E-state index contributed by atoms with van der Waals surface area (Å²) in [4.78, 5) is 11.1. The lowest BCUT2D eigenvalue weighted by molar-refractivity contribution is 0.101. The number of hydrogen-bond donors (Lipinski definition) is 1. The molecule has 1 N–H and O–H groups in total. The van der Waals surface area contributed by atoms with Crippen LogP contribution in [0.3, 0.4) is 0 Å². The Morgan fingerprint density at radius 1 is 1.39 bits per heavy atom. The van der Waals surface area contributed by atoms with E-state index in [0.29, 0.717) is 12.0 Å². The van der Waals surface area contributed by atoms with Crippen LogP contribution in [-0.2, 0) is 10.0 Å². The summed E-state index contributed by atoms with van der Waals surface area (Å²) in [5.41, 5.74) is 0.446. The Kier molecular flexibility index (Phi) is 4.59. The Morgan fingerprint density at radius 2 is 1.94 bits per heavy atom. The smallest absolute Gasteiger partial charge is 0.241 e. The molecule has 0 fully saturated rings. The monoisotopic (exact) mass is 266 g/mol. The number of Topliss-reactive ketones (excluding diaryl/α,β-unsaturated/α-hetero) is 1. The first-order valence-electron chi connectivity index (χ1n) is 5.43. The number of rotatable bonds is 5. The van der Waals surface area contributed by atoms with Crippen molar-refractivity contribution in [2.45, 2.75) is 31.2 Å². The SMILES string of the molecule is CCC(C#N)NS(=O)(=O)c1ccc(C(C)=O)cc1. The quantitative estimate of drug-likeness (QED) is 0.817. The summed E-state index contributed by atoms with van der Waals surface area (Å²) < 4.78 is 26.1. The molecule has 0 aliphatic heterocycles. The van der Waals surface area contributed by atoms with Crippen LogP contribution in [-0.4, -0.2) is 20.2 Å². The number of nitrogens with zero attached hydrogens (tertiary/aromatic N) is 1. The zero-order valence-corrected chi connectivity index (χ0v) is 11.0. The number of nitriles is 1. The molecule has 5 nitrogen and oxygen atoms in total. The second-order valence-corrected chi connectivity index (χ2v) is 5.51. The molecule has 1 aromatic carbocycles. The third-order valence-electron chi connectivity index (χ3n) is 2.43. The number of benzene rings is 1. The van der Waals surface area contributed by atoms with E-state index in [1.165, 1.54) is 31.2 Å². The molecular weight excluding hydrogens is 252 g/mol. The zero-order chi connectivity index (χ0) is 13.8. The number of sulfonamides is 1. The highest BCUT2D eigenvalue weighted by molar-refractivity contribution is 7.89. The van der Waals surface area contributed by atoms with Gasteiger partial charge in [-0.2, -0.15) is 9.98 Å². The zero-order valence-electron chi connectivity index (χ0n) is 10.2. The maximum atomic E-state index is 11.9. The van der Waals surface area contributed by atoms with E-state index in [2.05, 4.69) is 4.72 Å². The van der Waals surface area contributed by atoms with Crippen LogP contribution in [0.15, 0.2) is 29.2 Å². The van der Waals surface area contributed by atoms with Gasteiger partial charge in [0.15, 0.2) is 5.78 Å². The molecule has 0 heterocycles. The lowest BCUT2D eigenvalue weighted by atomic mass is 10.2. The number of hydrogen-bond acceptors (Lipinski definition) is 4. The molecule has 18 heavy (non-hydrogen) atoms. The van der Waals surface area contributed by atoms with E-state index < -0.39 is 16.1 Å². The fourth-order valence-corrected chi connectivity index (χ4v) is 2.55. The van der Waals surface area contributed by atoms with Crippen molar-refractivity contribution in [3.05, 3.63) is 29.8 Å². The first kappa shape index (κ1) is 14.4. The molecule has 6 heteroatoms. The Labute approximate surface area is 106 Å². The first-order chi connectivity index (χ1) is 8.40. The number of nitrogens with one attached hydrogen (secondary N) is 1. The molecule has 96 valence electrons. The third kappa shape index (κ3) is 3.39. The Morgan fingerprint density at radius 3 is 2.33 bits per heavy atom. The maximum absolute atomic E-state index is 11.9. The van der Waals surface area contributed by atoms with Crippen LogP contribution >= 0.6 is 0 Å². The van der Waals surface area contributed by atoms with Crippen molar-refractivity contribution in [1.29, 1.82) is 5.26 Å². The fraction of sp³-hybridized carbons (Fsp3) is 0.333. The average molecular weight is 266 g/mol. The topological polar surface area (TPSA) is 87.0 Å². The van der Waals surface area contributed by atoms with Crippen LogP contribution < -0.4 is 4.72 Å². The van der Waals surface area contributed by atoms with Crippen molar-refractivity contribution in [3.63, 3.8) is 0 Å². The van der Waals surface area contributed by atoms with E-state index >= 15 is 0 Å². The normalized spacial score (nSPS) is 12.7.